The molecule has 66 heavy (non-hydrogen) atoms. The van der Waals surface area contributed by atoms with Crippen LogP contribution in [0.3, 0.4) is 0 Å². The smallest absolute Gasteiger partial charge is 0.136 e. The molecule has 0 aliphatic rings. The molecule has 0 saturated carbocycles. The maximum atomic E-state index is 6.47. The molecule has 0 bridgehead atoms. The SMILES string of the molecule is CC(C)(C)c1cc(-c2cccc3cccc(-c4ccccc4N(c4ccc(-c5cccc6ccccc56)cc4)c4ccccc4-c4ccc5c(c4)oc4ccccc45)c23)cc(C(C)(C)C)c1. The standard InChI is InChI=1S/C64H53NO/c1-63(2,3)47-38-46(39-48(41-47)64(4,5)6)53-27-16-20-44-21-17-28-57(62(44)53)54-24-10-13-30-59(54)65(49-35-32-43(33-36-49)51-26-15-19-42-18-7-8-22-50(42)51)58-29-12-9-23-52(58)45-34-37-56-55-25-11-14-31-60(55)66-61(56)40-45/h7-41H,1-6H3. The zero-order valence-corrected chi connectivity index (χ0v) is 38.6. The van der Waals surface area contributed by atoms with Crippen LogP contribution < -0.4 is 4.90 Å². The highest BCUT2D eigenvalue weighted by atomic mass is 16.3. The number of hydrogen-bond acceptors (Lipinski definition) is 2. The van der Waals surface area contributed by atoms with E-state index in [-0.39, 0.29) is 10.8 Å². The van der Waals surface area contributed by atoms with Gasteiger partial charge in [0.25, 0.3) is 0 Å². The first-order valence-electron chi connectivity index (χ1n) is 23.2. The third-order valence-electron chi connectivity index (χ3n) is 13.4. The van der Waals surface area contributed by atoms with Crippen molar-refractivity contribution in [1.29, 1.82) is 0 Å². The van der Waals surface area contributed by atoms with Crippen molar-refractivity contribution in [3.05, 3.63) is 223 Å². The number of anilines is 3. The van der Waals surface area contributed by atoms with E-state index in [1.54, 1.807) is 0 Å². The second-order valence-electron chi connectivity index (χ2n) is 19.8. The molecule has 1 aromatic heterocycles. The van der Waals surface area contributed by atoms with Crippen LogP contribution in [-0.2, 0) is 10.8 Å². The molecule has 11 rings (SSSR count). The van der Waals surface area contributed by atoms with Crippen LogP contribution in [0.25, 0.3) is 88.0 Å². The molecular weight excluding hydrogens is 799 g/mol. The summed E-state index contributed by atoms with van der Waals surface area (Å²) < 4.78 is 6.47. The van der Waals surface area contributed by atoms with Gasteiger partial charge in [-0.2, -0.15) is 0 Å². The number of hydrogen-bond donors (Lipinski definition) is 0. The third-order valence-corrected chi connectivity index (χ3v) is 13.4. The molecule has 1 heterocycles. The Balaban J connectivity index is 1.14. The number of fused-ring (bicyclic) bond motifs is 5. The number of rotatable bonds is 7. The van der Waals surface area contributed by atoms with Gasteiger partial charge in [-0.1, -0.05) is 211 Å². The van der Waals surface area contributed by atoms with E-state index in [4.69, 9.17) is 4.42 Å². The van der Waals surface area contributed by atoms with Crippen LogP contribution in [0.15, 0.2) is 217 Å². The topological polar surface area (TPSA) is 16.4 Å². The molecule has 0 aliphatic carbocycles. The average molecular weight is 852 g/mol. The highest BCUT2D eigenvalue weighted by Gasteiger charge is 2.25. The van der Waals surface area contributed by atoms with Crippen LogP contribution >= 0.6 is 0 Å². The number of para-hydroxylation sites is 3. The zero-order chi connectivity index (χ0) is 45.2. The first-order chi connectivity index (χ1) is 32.0. The molecule has 0 amide bonds. The molecule has 10 aromatic carbocycles. The van der Waals surface area contributed by atoms with Gasteiger partial charge < -0.3 is 9.32 Å². The second-order valence-corrected chi connectivity index (χ2v) is 19.8. The lowest BCUT2D eigenvalue weighted by Crippen LogP contribution is -2.16. The van der Waals surface area contributed by atoms with Crippen molar-refractivity contribution in [3.8, 4) is 44.5 Å². The molecule has 0 fully saturated rings. The Labute approximate surface area is 388 Å². The van der Waals surface area contributed by atoms with Crippen molar-refractivity contribution in [2.75, 3.05) is 4.90 Å². The first kappa shape index (κ1) is 41.1. The Hall–Kier alpha value is -7.68. The molecule has 320 valence electrons. The van der Waals surface area contributed by atoms with E-state index in [9.17, 15) is 0 Å². The molecule has 11 aromatic rings. The minimum atomic E-state index is -0.0119. The van der Waals surface area contributed by atoms with Crippen molar-refractivity contribution >= 4 is 60.5 Å². The Bertz CT molecular complexity index is 3570. The molecule has 2 heteroatoms. The summed E-state index contributed by atoms with van der Waals surface area (Å²) in [6.07, 6.45) is 0. The third kappa shape index (κ3) is 7.33. The fourth-order valence-corrected chi connectivity index (χ4v) is 9.83. The number of nitrogens with zero attached hydrogens (tertiary/aromatic N) is 1. The van der Waals surface area contributed by atoms with Crippen molar-refractivity contribution in [2.24, 2.45) is 0 Å². The predicted molar refractivity (Wildman–Crippen MR) is 283 cm³/mol. The summed E-state index contributed by atoms with van der Waals surface area (Å²) in [5, 5.41) is 7.18. The Kier molecular flexibility index (Phi) is 10.0. The monoisotopic (exact) mass is 851 g/mol. The lowest BCUT2D eigenvalue weighted by atomic mass is 9.78. The Morgan fingerprint density at radius 2 is 0.848 bits per heavy atom. The molecule has 0 aliphatic heterocycles. The van der Waals surface area contributed by atoms with Crippen LogP contribution in [0.5, 0.6) is 0 Å². The molecule has 0 N–H and O–H groups in total. The fourth-order valence-electron chi connectivity index (χ4n) is 9.83. The van der Waals surface area contributed by atoms with Crippen molar-refractivity contribution in [3.63, 3.8) is 0 Å². The van der Waals surface area contributed by atoms with Gasteiger partial charge in [0.1, 0.15) is 11.2 Å². The van der Waals surface area contributed by atoms with E-state index >= 15 is 0 Å². The Morgan fingerprint density at radius 3 is 1.56 bits per heavy atom. The van der Waals surface area contributed by atoms with Gasteiger partial charge in [0.2, 0.25) is 0 Å². The van der Waals surface area contributed by atoms with Gasteiger partial charge >= 0.3 is 0 Å². The molecule has 0 saturated heterocycles. The van der Waals surface area contributed by atoms with Crippen LogP contribution in [0.4, 0.5) is 17.1 Å². The maximum Gasteiger partial charge on any atom is 0.136 e. The van der Waals surface area contributed by atoms with Gasteiger partial charge in [-0.3, -0.25) is 0 Å². The second kappa shape index (κ2) is 16.1. The number of benzene rings is 10. The van der Waals surface area contributed by atoms with E-state index in [0.29, 0.717) is 0 Å². The summed E-state index contributed by atoms with van der Waals surface area (Å²) in [5.41, 5.74) is 17.1. The van der Waals surface area contributed by atoms with Gasteiger partial charge in [-0.15, -0.1) is 0 Å². The highest BCUT2D eigenvalue weighted by Crippen LogP contribution is 2.48. The summed E-state index contributed by atoms with van der Waals surface area (Å²) >= 11 is 0. The first-order valence-corrected chi connectivity index (χ1v) is 23.2. The fraction of sp³-hybridized carbons (Fsp3) is 0.125. The van der Waals surface area contributed by atoms with E-state index in [1.165, 1.54) is 60.5 Å². The maximum absolute atomic E-state index is 6.47. The van der Waals surface area contributed by atoms with Gasteiger partial charge in [-0.25, -0.2) is 0 Å². The van der Waals surface area contributed by atoms with Crippen molar-refractivity contribution in [1.82, 2.24) is 0 Å². The molecule has 0 atom stereocenters. The van der Waals surface area contributed by atoms with Crippen LogP contribution in [0, 0.1) is 0 Å². The van der Waals surface area contributed by atoms with E-state index < -0.39 is 0 Å². The van der Waals surface area contributed by atoms with Crippen LogP contribution in [-0.4, -0.2) is 0 Å². The normalized spacial score (nSPS) is 12.1. The zero-order valence-electron chi connectivity index (χ0n) is 38.6. The van der Waals surface area contributed by atoms with E-state index in [0.717, 1.165) is 55.7 Å². The van der Waals surface area contributed by atoms with Crippen LogP contribution in [0.1, 0.15) is 52.7 Å². The number of furan rings is 1. The molecule has 2 nitrogen and oxygen atoms in total. The summed E-state index contributed by atoms with van der Waals surface area (Å²) in [6, 6.07) is 77.9. The Morgan fingerprint density at radius 1 is 0.333 bits per heavy atom. The van der Waals surface area contributed by atoms with Gasteiger partial charge in [-0.05, 0) is 119 Å². The van der Waals surface area contributed by atoms with Gasteiger partial charge in [0, 0.05) is 27.6 Å². The minimum absolute atomic E-state index is 0.0119. The van der Waals surface area contributed by atoms with Gasteiger partial charge in [0.05, 0.1) is 11.4 Å². The lowest BCUT2D eigenvalue weighted by molar-refractivity contribution is 0.569. The van der Waals surface area contributed by atoms with Crippen LogP contribution in [0.2, 0.25) is 0 Å². The molecule has 0 unspecified atom stereocenters. The summed E-state index contributed by atoms with van der Waals surface area (Å²) in [6.45, 7) is 13.9. The summed E-state index contributed by atoms with van der Waals surface area (Å²) in [7, 11) is 0. The average Bonchev–Trinajstić information content (AvgIpc) is 3.71. The molecule has 0 spiro atoms. The van der Waals surface area contributed by atoms with E-state index in [2.05, 4.69) is 247 Å². The van der Waals surface area contributed by atoms with Gasteiger partial charge in [0.15, 0.2) is 0 Å². The van der Waals surface area contributed by atoms with E-state index in [1.807, 2.05) is 12.1 Å². The van der Waals surface area contributed by atoms with Crippen molar-refractivity contribution in [2.45, 2.75) is 52.4 Å². The van der Waals surface area contributed by atoms with Crippen molar-refractivity contribution < 1.29 is 4.42 Å². The molecule has 0 radical (unpaired) electrons. The molecular formula is C64H53NO. The minimum Gasteiger partial charge on any atom is -0.456 e. The summed E-state index contributed by atoms with van der Waals surface area (Å²) in [5.74, 6) is 0. The summed E-state index contributed by atoms with van der Waals surface area (Å²) in [4.78, 5) is 2.46. The largest absolute Gasteiger partial charge is 0.456 e. The lowest BCUT2D eigenvalue weighted by Gasteiger charge is -2.30. The quantitative estimate of drug-likeness (QED) is 0.159. The predicted octanol–water partition coefficient (Wildman–Crippen LogP) is 18.6. The highest BCUT2D eigenvalue weighted by molar-refractivity contribution is 6.10.